The molecule has 2 unspecified atom stereocenters. The minimum Gasteiger partial charge on any atom is -0.359 e. The Balaban J connectivity index is 1.87. The van der Waals surface area contributed by atoms with Gasteiger partial charge in [0.05, 0.1) is 28.6 Å². The van der Waals surface area contributed by atoms with E-state index in [0.29, 0.717) is 15.7 Å². The van der Waals surface area contributed by atoms with E-state index in [1.807, 2.05) is 28.7 Å². The van der Waals surface area contributed by atoms with Crippen LogP contribution in [0.15, 0.2) is 52.1 Å². The predicted octanol–water partition coefficient (Wildman–Crippen LogP) is 2.63. The number of nitrogens with one attached hydrogen (secondary N) is 3. The summed E-state index contributed by atoms with van der Waals surface area (Å²) in [6.07, 6.45) is -0.294. The van der Waals surface area contributed by atoms with Crippen molar-refractivity contribution in [1.29, 1.82) is 0 Å². The number of halogens is 2. The highest BCUT2D eigenvalue weighted by atomic mass is 127. The van der Waals surface area contributed by atoms with Gasteiger partial charge in [-0.05, 0) is 71.8 Å². The van der Waals surface area contributed by atoms with Crippen LogP contribution in [0.3, 0.4) is 0 Å². The summed E-state index contributed by atoms with van der Waals surface area (Å²) in [6, 6.07) is 11.6. The molecule has 0 saturated carbocycles. The standard InChI is InChI=1S/C25H25FIN5O4/c1-13-21-20(22(31(3)24(13)35)29-18-9-8-15(27)12-17(18)26)23(34)30-25(36)32(21)16-6-4-5-14(11-16)7-10-19(33)28-2/h4-6,8-9,11-13,22,29H,7,10H2,1-3H3,(H,28,33)(H,30,34,36). The molecule has 2 amide bonds. The minimum absolute atomic E-state index is 0.113. The molecule has 3 N–H and O–H groups in total. The Labute approximate surface area is 219 Å². The Kier molecular flexibility index (Phi) is 7.29. The first-order valence-electron chi connectivity index (χ1n) is 11.3. The van der Waals surface area contributed by atoms with Crippen LogP contribution in [0.2, 0.25) is 0 Å². The summed E-state index contributed by atoms with van der Waals surface area (Å²) in [7, 11) is 3.09. The lowest BCUT2D eigenvalue weighted by atomic mass is 9.93. The van der Waals surface area contributed by atoms with Gasteiger partial charge in [0.2, 0.25) is 11.8 Å². The molecule has 188 valence electrons. The molecule has 9 nitrogen and oxygen atoms in total. The monoisotopic (exact) mass is 605 g/mol. The number of benzene rings is 2. The van der Waals surface area contributed by atoms with Gasteiger partial charge in [-0.1, -0.05) is 12.1 Å². The van der Waals surface area contributed by atoms with Gasteiger partial charge in [-0.25, -0.2) is 9.18 Å². The zero-order chi connectivity index (χ0) is 26.1. The van der Waals surface area contributed by atoms with Crippen LogP contribution < -0.4 is 21.9 Å². The molecule has 2 aromatic carbocycles. The molecule has 11 heteroatoms. The average Bonchev–Trinajstić information content (AvgIpc) is 2.85. The van der Waals surface area contributed by atoms with Crippen molar-refractivity contribution < 1.29 is 14.0 Å². The van der Waals surface area contributed by atoms with Gasteiger partial charge in [0.25, 0.3) is 5.56 Å². The molecule has 0 spiro atoms. The number of hydrogen-bond donors (Lipinski definition) is 3. The quantitative estimate of drug-likeness (QED) is 0.374. The molecule has 36 heavy (non-hydrogen) atoms. The first kappa shape index (κ1) is 25.6. The fourth-order valence-electron chi connectivity index (χ4n) is 4.41. The number of amides is 2. The third kappa shape index (κ3) is 4.79. The normalized spacial score (nSPS) is 17.0. The minimum atomic E-state index is -1.01. The van der Waals surface area contributed by atoms with Crippen molar-refractivity contribution in [1.82, 2.24) is 19.8 Å². The predicted molar refractivity (Wildman–Crippen MR) is 142 cm³/mol. The number of aromatic nitrogens is 2. The van der Waals surface area contributed by atoms with E-state index >= 15 is 0 Å². The number of anilines is 1. The zero-order valence-electron chi connectivity index (χ0n) is 19.9. The molecule has 3 aromatic rings. The highest BCUT2D eigenvalue weighted by Gasteiger charge is 2.40. The van der Waals surface area contributed by atoms with Crippen molar-refractivity contribution in [2.75, 3.05) is 19.4 Å². The molecule has 0 saturated heterocycles. The number of hydrogen-bond acceptors (Lipinski definition) is 5. The summed E-state index contributed by atoms with van der Waals surface area (Å²) < 4.78 is 16.7. The van der Waals surface area contributed by atoms with Crippen molar-refractivity contribution >= 4 is 40.1 Å². The van der Waals surface area contributed by atoms with Crippen LogP contribution in [0.1, 0.15) is 42.2 Å². The van der Waals surface area contributed by atoms with Crippen molar-refractivity contribution in [3.05, 3.63) is 89.5 Å². The second-order valence-corrected chi connectivity index (χ2v) is 9.82. The second kappa shape index (κ2) is 10.2. The van der Waals surface area contributed by atoms with E-state index in [4.69, 9.17) is 0 Å². The van der Waals surface area contributed by atoms with Crippen LogP contribution >= 0.6 is 22.6 Å². The maximum Gasteiger partial charge on any atom is 0.333 e. The number of nitrogens with zero attached hydrogens (tertiary/aromatic N) is 2. The Morgan fingerprint density at radius 2 is 1.92 bits per heavy atom. The average molecular weight is 605 g/mol. The Morgan fingerprint density at radius 3 is 2.61 bits per heavy atom. The number of carbonyl (C=O) groups is 2. The van der Waals surface area contributed by atoms with Crippen molar-refractivity contribution in [3.8, 4) is 5.69 Å². The maximum absolute atomic E-state index is 14.7. The molecule has 0 bridgehead atoms. The van der Waals surface area contributed by atoms with E-state index in [1.54, 1.807) is 38.2 Å². The smallest absolute Gasteiger partial charge is 0.333 e. The molecule has 0 aliphatic carbocycles. The summed E-state index contributed by atoms with van der Waals surface area (Å²) >= 11 is 1.99. The maximum atomic E-state index is 14.7. The van der Waals surface area contributed by atoms with Crippen LogP contribution in [0.5, 0.6) is 0 Å². The van der Waals surface area contributed by atoms with Gasteiger partial charge in [0, 0.05) is 24.1 Å². The van der Waals surface area contributed by atoms with Crippen molar-refractivity contribution in [3.63, 3.8) is 0 Å². The lowest BCUT2D eigenvalue weighted by Crippen LogP contribution is -2.49. The second-order valence-electron chi connectivity index (χ2n) is 8.58. The third-order valence-electron chi connectivity index (χ3n) is 6.29. The summed E-state index contributed by atoms with van der Waals surface area (Å²) in [5, 5.41) is 5.54. The van der Waals surface area contributed by atoms with E-state index in [9.17, 15) is 23.6 Å². The first-order chi connectivity index (χ1) is 17.1. The van der Waals surface area contributed by atoms with Crippen molar-refractivity contribution in [2.24, 2.45) is 0 Å². The molecule has 1 aromatic heterocycles. The van der Waals surface area contributed by atoms with Crippen LogP contribution in [0.4, 0.5) is 10.1 Å². The Hall–Kier alpha value is -3.48. The molecule has 1 aliphatic rings. The molecule has 4 rings (SSSR count). The molecular formula is C25H25FIN5O4. The van der Waals surface area contributed by atoms with E-state index in [0.717, 1.165) is 5.56 Å². The topological polar surface area (TPSA) is 116 Å². The van der Waals surface area contributed by atoms with Crippen LogP contribution in [0, 0.1) is 9.39 Å². The highest BCUT2D eigenvalue weighted by molar-refractivity contribution is 14.1. The van der Waals surface area contributed by atoms with Gasteiger partial charge in [0.15, 0.2) is 0 Å². The Morgan fingerprint density at radius 1 is 1.17 bits per heavy atom. The van der Waals surface area contributed by atoms with Crippen LogP contribution in [-0.4, -0.2) is 40.4 Å². The first-order valence-corrected chi connectivity index (χ1v) is 12.4. The van der Waals surface area contributed by atoms with Gasteiger partial charge in [-0.3, -0.25) is 23.9 Å². The molecule has 2 heterocycles. The number of fused-ring (bicyclic) bond motifs is 1. The Bertz CT molecular complexity index is 1470. The van der Waals surface area contributed by atoms with Crippen molar-refractivity contribution in [2.45, 2.75) is 31.8 Å². The van der Waals surface area contributed by atoms with E-state index in [1.165, 1.54) is 28.6 Å². The fourth-order valence-corrected chi connectivity index (χ4v) is 4.87. The number of H-pyrrole nitrogens is 1. The number of rotatable bonds is 6. The SMILES string of the molecule is CNC(=O)CCc1cccc(-n2c3c(c(=O)[nH]c2=O)C(Nc2ccc(I)cc2F)N(C)C(=O)C3C)c1. The van der Waals surface area contributed by atoms with E-state index in [2.05, 4.69) is 15.6 Å². The van der Waals surface area contributed by atoms with Gasteiger partial charge in [-0.2, -0.15) is 0 Å². The molecule has 1 aliphatic heterocycles. The molecule has 0 fully saturated rings. The number of aryl methyl sites for hydroxylation is 1. The lowest BCUT2D eigenvalue weighted by Gasteiger charge is -2.38. The third-order valence-corrected chi connectivity index (χ3v) is 6.96. The molecular weight excluding hydrogens is 580 g/mol. The van der Waals surface area contributed by atoms with Gasteiger partial charge >= 0.3 is 5.69 Å². The largest absolute Gasteiger partial charge is 0.359 e. The highest BCUT2D eigenvalue weighted by Crippen LogP contribution is 2.35. The lowest BCUT2D eigenvalue weighted by molar-refractivity contribution is -0.134. The number of likely N-dealkylation sites (N-methyl/N-ethyl adjacent to an activating group) is 1. The van der Waals surface area contributed by atoms with Gasteiger partial charge < -0.3 is 15.5 Å². The van der Waals surface area contributed by atoms with E-state index in [-0.39, 0.29) is 35.2 Å². The van der Waals surface area contributed by atoms with E-state index < -0.39 is 29.1 Å². The summed E-state index contributed by atoms with van der Waals surface area (Å²) in [4.78, 5) is 54.8. The summed E-state index contributed by atoms with van der Waals surface area (Å²) in [6.45, 7) is 1.63. The van der Waals surface area contributed by atoms with Crippen LogP contribution in [-0.2, 0) is 16.0 Å². The molecule has 2 atom stereocenters. The zero-order valence-corrected chi connectivity index (χ0v) is 22.1. The fraction of sp³-hybridized carbons (Fsp3) is 0.280. The number of aromatic amines is 1. The van der Waals surface area contributed by atoms with Crippen LogP contribution in [0.25, 0.3) is 5.69 Å². The van der Waals surface area contributed by atoms with Gasteiger partial charge in [0.1, 0.15) is 12.0 Å². The van der Waals surface area contributed by atoms with Gasteiger partial charge in [-0.15, -0.1) is 0 Å². The summed E-state index contributed by atoms with van der Waals surface area (Å²) in [5.41, 5.74) is 0.420. The summed E-state index contributed by atoms with van der Waals surface area (Å²) in [5.74, 6) is -1.79. The number of carbonyl (C=O) groups excluding carboxylic acids is 2. The molecule has 0 radical (unpaired) electrons.